The number of alkyl halides is 2. The monoisotopic (exact) mass is 529 g/mol. The molecule has 4 heterocycles. The SMILES string of the molecule is CC(CCC1(C(C)(F)CF)CC1)c1cn2nc(C[C@H]3CCCNC3=O)c(N3CCN(C)C4(CC4)C3)nc2n1. The van der Waals surface area contributed by atoms with E-state index < -0.39 is 17.8 Å². The van der Waals surface area contributed by atoms with E-state index in [0.29, 0.717) is 18.6 Å². The highest BCUT2D eigenvalue weighted by Gasteiger charge is 2.57. The molecule has 2 aromatic rings. The van der Waals surface area contributed by atoms with Crippen molar-refractivity contribution in [2.45, 2.75) is 88.8 Å². The fourth-order valence-corrected chi connectivity index (χ4v) is 6.64. The molecule has 4 aliphatic rings. The number of halogens is 2. The molecule has 38 heavy (non-hydrogen) atoms. The number of piperidine rings is 1. The molecule has 0 aromatic carbocycles. The fourth-order valence-electron chi connectivity index (χ4n) is 6.64. The molecule has 1 amide bonds. The molecule has 0 bridgehead atoms. The van der Waals surface area contributed by atoms with Crippen LogP contribution >= 0.6 is 0 Å². The number of aromatic nitrogens is 4. The number of imidazole rings is 1. The summed E-state index contributed by atoms with van der Waals surface area (Å²) in [5.74, 6) is 1.50. The largest absolute Gasteiger partial charge is 0.356 e. The lowest BCUT2D eigenvalue weighted by Crippen LogP contribution is -2.54. The van der Waals surface area contributed by atoms with Crippen molar-refractivity contribution in [3.63, 3.8) is 0 Å². The standard InChI is InChI=1S/C28H41F2N7O/c1-19(6-7-27(8-9-27)26(2,30)17-29)22-16-37-25(32-22)33-23(36-14-13-35(3)28(18-36)10-11-28)21(34-37)15-20-5-4-12-31-24(20)38/h16,19-20H,4-15,17-18H2,1-3H3,(H,31,38)/t19?,20-,26?/m1/s1. The Balaban J connectivity index is 1.27. The molecule has 1 N–H and O–H groups in total. The molecule has 2 aromatic heterocycles. The Bertz CT molecular complexity index is 1210. The van der Waals surface area contributed by atoms with Crippen LogP contribution in [0, 0.1) is 11.3 Å². The highest BCUT2D eigenvalue weighted by molar-refractivity contribution is 5.79. The molecule has 2 saturated heterocycles. The fraction of sp³-hybridized carbons (Fsp3) is 0.786. The van der Waals surface area contributed by atoms with Crippen molar-refractivity contribution in [1.82, 2.24) is 29.8 Å². The number of piperazine rings is 1. The van der Waals surface area contributed by atoms with Crippen molar-refractivity contribution in [3.05, 3.63) is 17.6 Å². The van der Waals surface area contributed by atoms with Crippen LogP contribution in [-0.2, 0) is 11.2 Å². The normalized spacial score (nSPS) is 26.8. The molecule has 8 nitrogen and oxygen atoms in total. The van der Waals surface area contributed by atoms with Crippen LogP contribution in [0.1, 0.15) is 82.5 Å². The molecule has 10 heteroatoms. The van der Waals surface area contributed by atoms with Crippen molar-refractivity contribution < 1.29 is 13.6 Å². The molecule has 2 unspecified atom stereocenters. The van der Waals surface area contributed by atoms with E-state index in [4.69, 9.17) is 15.1 Å². The third-order valence-electron chi connectivity index (χ3n) is 10.1. The highest BCUT2D eigenvalue weighted by atomic mass is 19.2. The second-order valence-corrected chi connectivity index (χ2v) is 12.7. The van der Waals surface area contributed by atoms with Gasteiger partial charge in [-0.05, 0) is 65.3 Å². The van der Waals surface area contributed by atoms with Crippen LogP contribution in [0.5, 0.6) is 0 Å². The first-order valence-electron chi connectivity index (χ1n) is 14.4. The van der Waals surface area contributed by atoms with Crippen LogP contribution in [0.25, 0.3) is 5.78 Å². The van der Waals surface area contributed by atoms with Gasteiger partial charge in [-0.3, -0.25) is 9.69 Å². The van der Waals surface area contributed by atoms with Gasteiger partial charge in [0.1, 0.15) is 18.0 Å². The van der Waals surface area contributed by atoms with Crippen LogP contribution in [0.3, 0.4) is 0 Å². The van der Waals surface area contributed by atoms with Crippen LogP contribution < -0.4 is 10.2 Å². The predicted molar refractivity (Wildman–Crippen MR) is 142 cm³/mol. The Labute approximate surface area is 223 Å². The molecule has 2 aliphatic heterocycles. The Hall–Kier alpha value is -2.36. The van der Waals surface area contributed by atoms with Crippen LogP contribution in [0.4, 0.5) is 14.6 Å². The highest BCUT2D eigenvalue weighted by Crippen LogP contribution is 2.59. The number of carbonyl (C=O) groups is 1. The first kappa shape index (κ1) is 25.9. The van der Waals surface area contributed by atoms with Gasteiger partial charge >= 0.3 is 0 Å². The van der Waals surface area contributed by atoms with Crippen LogP contribution in [0.2, 0.25) is 0 Å². The molecule has 4 fully saturated rings. The second kappa shape index (κ2) is 9.38. The Morgan fingerprint density at radius 3 is 2.71 bits per heavy atom. The first-order chi connectivity index (χ1) is 18.2. The average molecular weight is 530 g/mol. The molecular formula is C28H41F2N7O. The zero-order valence-corrected chi connectivity index (χ0v) is 23.0. The van der Waals surface area contributed by atoms with E-state index in [1.165, 1.54) is 19.8 Å². The second-order valence-electron chi connectivity index (χ2n) is 12.7. The van der Waals surface area contributed by atoms with Gasteiger partial charge in [0.05, 0.1) is 11.9 Å². The number of nitrogens with zero attached hydrogens (tertiary/aromatic N) is 6. The number of likely N-dealkylation sites (N-methyl/N-ethyl adjacent to an activating group) is 1. The summed E-state index contributed by atoms with van der Waals surface area (Å²) in [5.41, 5.74) is -0.344. The summed E-state index contributed by atoms with van der Waals surface area (Å²) in [6.45, 7) is 6.07. The van der Waals surface area contributed by atoms with E-state index in [9.17, 15) is 13.6 Å². The molecule has 6 rings (SSSR count). The minimum absolute atomic E-state index is 0.0841. The van der Waals surface area contributed by atoms with Crippen LogP contribution in [-0.4, -0.2) is 81.5 Å². The minimum atomic E-state index is -1.76. The maximum Gasteiger partial charge on any atom is 0.252 e. The Kier molecular flexibility index (Phi) is 6.39. The summed E-state index contributed by atoms with van der Waals surface area (Å²) >= 11 is 0. The summed E-state index contributed by atoms with van der Waals surface area (Å²) in [6, 6.07) is 0. The number of carbonyl (C=O) groups excluding carboxylic acids is 1. The van der Waals surface area contributed by atoms with Gasteiger partial charge in [0.25, 0.3) is 5.78 Å². The molecule has 1 spiro atoms. The van der Waals surface area contributed by atoms with Gasteiger partial charge < -0.3 is 10.2 Å². The van der Waals surface area contributed by atoms with Crippen LogP contribution in [0.15, 0.2) is 6.20 Å². The minimum Gasteiger partial charge on any atom is -0.356 e. The van der Waals surface area contributed by atoms with E-state index in [-0.39, 0.29) is 23.3 Å². The van der Waals surface area contributed by atoms with E-state index >= 15 is 0 Å². The number of nitrogens with one attached hydrogen (secondary N) is 1. The van der Waals surface area contributed by atoms with Gasteiger partial charge in [-0.15, -0.1) is 0 Å². The van der Waals surface area contributed by atoms with Gasteiger partial charge in [-0.1, -0.05) is 6.92 Å². The third-order valence-corrected chi connectivity index (χ3v) is 10.1. The van der Waals surface area contributed by atoms with Gasteiger partial charge in [0.15, 0.2) is 5.82 Å². The third kappa shape index (κ3) is 4.56. The zero-order chi connectivity index (χ0) is 26.7. The molecule has 3 atom stereocenters. The summed E-state index contributed by atoms with van der Waals surface area (Å²) in [5, 5.41) is 8.00. The number of rotatable bonds is 9. The lowest BCUT2D eigenvalue weighted by atomic mass is 9.82. The summed E-state index contributed by atoms with van der Waals surface area (Å²) in [7, 11) is 2.21. The van der Waals surface area contributed by atoms with Crippen molar-refractivity contribution in [2.75, 3.05) is 44.8 Å². The molecule has 208 valence electrons. The summed E-state index contributed by atoms with van der Waals surface area (Å²) in [6.07, 6.45) is 9.61. The van der Waals surface area contributed by atoms with E-state index in [0.717, 1.165) is 75.5 Å². The molecule has 2 saturated carbocycles. The number of hydrogen-bond acceptors (Lipinski definition) is 6. The van der Waals surface area contributed by atoms with Crippen molar-refractivity contribution in [1.29, 1.82) is 0 Å². The Morgan fingerprint density at radius 2 is 2.03 bits per heavy atom. The number of anilines is 1. The lowest BCUT2D eigenvalue weighted by molar-refractivity contribution is -0.126. The quantitative estimate of drug-likeness (QED) is 0.532. The topological polar surface area (TPSA) is 78.7 Å². The number of hydrogen-bond donors (Lipinski definition) is 1. The van der Waals surface area contributed by atoms with Crippen molar-refractivity contribution in [2.24, 2.45) is 11.3 Å². The number of amides is 1. The van der Waals surface area contributed by atoms with E-state index in [2.05, 4.69) is 29.1 Å². The van der Waals surface area contributed by atoms with Crippen molar-refractivity contribution >= 4 is 17.5 Å². The number of fused-ring (bicyclic) bond motifs is 1. The van der Waals surface area contributed by atoms with Gasteiger partial charge in [-0.2, -0.15) is 10.1 Å². The molecule has 0 radical (unpaired) electrons. The first-order valence-corrected chi connectivity index (χ1v) is 14.4. The predicted octanol–water partition coefficient (Wildman–Crippen LogP) is 3.84. The molecule has 2 aliphatic carbocycles. The van der Waals surface area contributed by atoms with E-state index in [1.807, 2.05) is 6.20 Å². The average Bonchev–Trinajstić information content (AvgIpc) is 3.83. The van der Waals surface area contributed by atoms with Gasteiger partial charge in [-0.25, -0.2) is 18.3 Å². The van der Waals surface area contributed by atoms with E-state index in [1.54, 1.807) is 4.52 Å². The maximum atomic E-state index is 14.8. The van der Waals surface area contributed by atoms with Gasteiger partial charge in [0, 0.05) is 55.4 Å². The van der Waals surface area contributed by atoms with Gasteiger partial charge in [0.2, 0.25) is 5.91 Å². The molecular weight excluding hydrogens is 488 g/mol. The maximum absolute atomic E-state index is 14.8. The zero-order valence-electron chi connectivity index (χ0n) is 23.0. The van der Waals surface area contributed by atoms with Crippen molar-refractivity contribution in [3.8, 4) is 0 Å². The summed E-state index contributed by atoms with van der Waals surface area (Å²) in [4.78, 5) is 27.3. The Morgan fingerprint density at radius 1 is 1.24 bits per heavy atom. The summed E-state index contributed by atoms with van der Waals surface area (Å²) < 4.78 is 29.9. The smallest absolute Gasteiger partial charge is 0.252 e. The lowest BCUT2D eigenvalue weighted by Gasteiger charge is -2.41.